The zero-order chi connectivity index (χ0) is 23.0. The Balaban J connectivity index is 1.98. The number of carbonyl (C=O) groups excluding carboxylic acids is 2. The van der Waals surface area contributed by atoms with Crippen LogP contribution in [0.2, 0.25) is 0 Å². The van der Waals surface area contributed by atoms with Gasteiger partial charge in [0.2, 0.25) is 11.8 Å². The Bertz CT molecular complexity index is 1240. The first-order chi connectivity index (χ1) is 15.4. The van der Waals surface area contributed by atoms with E-state index in [9.17, 15) is 14.9 Å². The van der Waals surface area contributed by atoms with Crippen LogP contribution < -0.4 is 10.6 Å². The van der Waals surface area contributed by atoms with Crippen molar-refractivity contribution in [2.24, 2.45) is 5.73 Å². The summed E-state index contributed by atoms with van der Waals surface area (Å²) in [5, 5.41) is 10.0. The van der Waals surface area contributed by atoms with Crippen LogP contribution in [0.15, 0.2) is 75.8 Å². The number of esters is 1. The number of benzene rings is 2. The molecule has 2 aliphatic rings. The first-order valence-corrected chi connectivity index (χ1v) is 10.8. The van der Waals surface area contributed by atoms with E-state index in [1.807, 2.05) is 30.3 Å². The number of carbonyl (C=O) groups is 2. The summed E-state index contributed by atoms with van der Waals surface area (Å²) in [5.74, 6) is -1.25. The predicted molar refractivity (Wildman–Crippen MR) is 121 cm³/mol. The Morgan fingerprint density at radius 3 is 2.72 bits per heavy atom. The molecule has 0 unspecified atom stereocenters. The van der Waals surface area contributed by atoms with E-state index in [2.05, 4.69) is 15.9 Å². The maximum absolute atomic E-state index is 14.2. The van der Waals surface area contributed by atoms with Gasteiger partial charge < -0.3 is 20.1 Å². The molecule has 0 radical (unpaired) electrons. The average molecular weight is 494 g/mol. The minimum absolute atomic E-state index is 0.0284. The number of hydrogen-bond acceptors (Lipinski definition) is 6. The number of hydrogen-bond donors (Lipinski definition) is 1. The fraction of sp³-hybridized carbons (Fsp3) is 0.208. The second-order valence-corrected chi connectivity index (χ2v) is 8.31. The Morgan fingerprint density at radius 2 is 2.03 bits per heavy atom. The number of para-hydroxylation sites is 1. The topological polar surface area (TPSA) is 106 Å². The van der Waals surface area contributed by atoms with Crippen LogP contribution in [0.5, 0.6) is 0 Å². The summed E-state index contributed by atoms with van der Waals surface area (Å²) in [7, 11) is 0. The number of nitrogens with two attached hydrogens (primary N) is 1. The predicted octanol–water partition coefficient (Wildman–Crippen LogP) is 3.79. The van der Waals surface area contributed by atoms with Crippen LogP contribution in [0.25, 0.3) is 0 Å². The number of fused-ring (bicyclic) bond motifs is 2. The minimum atomic E-state index is -1.74. The Labute approximate surface area is 193 Å². The summed E-state index contributed by atoms with van der Waals surface area (Å²) in [6.07, 6.45) is 0. The van der Waals surface area contributed by atoms with E-state index in [4.69, 9.17) is 15.2 Å². The van der Waals surface area contributed by atoms with Gasteiger partial charge >= 0.3 is 5.97 Å². The average Bonchev–Trinajstić information content (AvgIpc) is 2.98. The van der Waals surface area contributed by atoms with E-state index in [1.165, 1.54) is 0 Å². The second-order valence-electron chi connectivity index (χ2n) is 7.39. The number of halogens is 1. The van der Waals surface area contributed by atoms with Crippen LogP contribution in [0.3, 0.4) is 0 Å². The number of amides is 1. The Hall–Kier alpha value is -3.57. The van der Waals surface area contributed by atoms with E-state index < -0.39 is 17.3 Å². The molecule has 2 N–H and O–H groups in total. The lowest BCUT2D eigenvalue weighted by Gasteiger charge is -2.34. The zero-order valence-corrected chi connectivity index (χ0v) is 19.1. The fourth-order valence-corrected chi connectivity index (χ4v) is 4.84. The summed E-state index contributed by atoms with van der Waals surface area (Å²) in [6.45, 7) is 3.56. The summed E-state index contributed by atoms with van der Waals surface area (Å²) in [5.41, 5.74) is 6.15. The highest BCUT2D eigenvalue weighted by molar-refractivity contribution is 9.10. The van der Waals surface area contributed by atoms with Gasteiger partial charge in [-0.05, 0) is 37.6 Å². The summed E-state index contributed by atoms with van der Waals surface area (Å²) < 4.78 is 11.7. The summed E-state index contributed by atoms with van der Waals surface area (Å²) >= 11 is 3.46. The molecular formula is C24H20BrN3O4. The SMILES string of the molecule is CCOC(=O)C1=C(C)OC(N)=C(C#N)[C@]12C(=O)N(Cc1cccc(Br)c1)c1ccccc12. The molecule has 1 atom stereocenters. The van der Waals surface area contributed by atoms with Crippen molar-refractivity contribution in [3.63, 3.8) is 0 Å². The van der Waals surface area contributed by atoms with Gasteiger partial charge in [-0.15, -0.1) is 0 Å². The van der Waals surface area contributed by atoms with Gasteiger partial charge in [0.1, 0.15) is 23.0 Å². The summed E-state index contributed by atoms with van der Waals surface area (Å²) in [4.78, 5) is 28.8. The first kappa shape index (κ1) is 21.7. The molecule has 7 nitrogen and oxygen atoms in total. The molecule has 0 saturated heterocycles. The number of anilines is 1. The Morgan fingerprint density at radius 1 is 1.28 bits per heavy atom. The van der Waals surface area contributed by atoms with Crippen molar-refractivity contribution in [3.8, 4) is 6.07 Å². The molecular weight excluding hydrogens is 474 g/mol. The molecule has 32 heavy (non-hydrogen) atoms. The molecule has 0 fully saturated rings. The second kappa shape index (κ2) is 8.17. The van der Waals surface area contributed by atoms with Crippen LogP contribution in [-0.2, 0) is 31.0 Å². The van der Waals surface area contributed by atoms with Gasteiger partial charge in [-0.1, -0.05) is 46.3 Å². The highest BCUT2D eigenvalue weighted by Gasteiger charge is 2.62. The fourth-order valence-electron chi connectivity index (χ4n) is 4.39. The number of rotatable bonds is 4. The van der Waals surface area contributed by atoms with Gasteiger partial charge in [0.25, 0.3) is 0 Å². The quantitative estimate of drug-likeness (QED) is 0.649. The lowest BCUT2D eigenvalue weighted by Crippen LogP contribution is -2.48. The molecule has 2 aromatic carbocycles. The lowest BCUT2D eigenvalue weighted by atomic mass is 9.68. The molecule has 0 aromatic heterocycles. The van der Waals surface area contributed by atoms with Gasteiger partial charge in [-0.2, -0.15) is 5.26 Å². The molecule has 0 saturated carbocycles. The molecule has 1 amide bonds. The maximum Gasteiger partial charge on any atom is 0.339 e. The molecule has 0 bridgehead atoms. The first-order valence-electron chi connectivity index (χ1n) is 9.98. The minimum Gasteiger partial charge on any atom is -0.462 e. The van der Waals surface area contributed by atoms with Gasteiger partial charge in [-0.3, -0.25) is 4.79 Å². The molecule has 2 aliphatic heterocycles. The standard InChI is InChI=1S/C24H20BrN3O4/c1-3-31-22(29)20-14(2)32-21(27)18(12-26)24(20)17-9-4-5-10-19(17)28(23(24)30)13-15-7-6-8-16(25)11-15/h4-11H,3,13,27H2,1-2H3/t24-/m0/s1. The third-order valence-electron chi connectivity index (χ3n) is 5.60. The molecule has 0 aliphatic carbocycles. The largest absolute Gasteiger partial charge is 0.462 e. The molecule has 8 heteroatoms. The van der Waals surface area contributed by atoms with E-state index in [0.29, 0.717) is 11.3 Å². The smallest absolute Gasteiger partial charge is 0.339 e. The van der Waals surface area contributed by atoms with Crippen LogP contribution in [0, 0.1) is 11.3 Å². The van der Waals surface area contributed by atoms with Crippen LogP contribution in [-0.4, -0.2) is 18.5 Å². The molecule has 2 heterocycles. The van der Waals surface area contributed by atoms with E-state index in [1.54, 1.807) is 43.0 Å². The van der Waals surface area contributed by atoms with E-state index >= 15 is 0 Å². The molecule has 4 rings (SSSR count). The van der Waals surface area contributed by atoms with E-state index in [0.717, 1.165) is 10.0 Å². The van der Waals surface area contributed by atoms with Crippen molar-refractivity contribution in [1.29, 1.82) is 5.26 Å². The van der Waals surface area contributed by atoms with Crippen molar-refractivity contribution >= 4 is 33.5 Å². The third kappa shape index (κ3) is 3.09. The van der Waals surface area contributed by atoms with Crippen molar-refractivity contribution in [2.45, 2.75) is 25.8 Å². The van der Waals surface area contributed by atoms with Crippen molar-refractivity contribution in [1.82, 2.24) is 0 Å². The van der Waals surface area contributed by atoms with E-state index in [-0.39, 0.29) is 35.9 Å². The van der Waals surface area contributed by atoms with Crippen molar-refractivity contribution < 1.29 is 19.1 Å². The summed E-state index contributed by atoms with van der Waals surface area (Å²) in [6, 6.07) is 16.7. The van der Waals surface area contributed by atoms with Crippen LogP contribution >= 0.6 is 15.9 Å². The van der Waals surface area contributed by atoms with Crippen LogP contribution in [0.4, 0.5) is 5.69 Å². The lowest BCUT2D eigenvalue weighted by molar-refractivity contribution is -0.141. The highest BCUT2D eigenvalue weighted by atomic mass is 79.9. The van der Waals surface area contributed by atoms with Crippen LogP contribution in [0.1, 0.15) is 25.0 Å². The molecule has 162 valence electrons. The number of nitriles is 1. The van der Waals surface area contributed by atoms with Crippen molar-refractivity contribution in [2.75, 3.05) is 11.5 Å². The van der Waals surface area contributed by atoms with Gasteiger partial charge in [0.15, 0.2) is 5.41 Å². The third-order valence-corrected chi connectivity index (χ3v) is 6.09. The molecule has 1 spiro atoms. The highest BCUT2D eigenvalue weighted by Crippen LogP contribution is 2.54. The zero-order valence-electron chi connectivity index (χ0n) is 17.5. The van der Waals surface area contributed by atoms with Gasteiger partial charge in [0.05, 0.1) is 13.2 Å². The Kier molecular flexibility index (Phi) is 5.53. The number of allylic oxidation sites excluding steroid dienone is 1. The monoisotopic (exact) mass is 493 g/mol. The number of ether oxygens (including phenoxy) is 2. The number of nitrogens with zero attached hydrogens (tertiary/aromatic N) is 2. The normalized spacial score (nSPS) is 19.7. The van der Waals surface area contributed by atoms with Crippen molar-refractivity contribution in [3.05, 3.63) is 86.9 Å². The van der Waals surface area contributed by atoms with Gasteiger partial charge in [-0.25, -0.2) is 4.79 Å². The molecule has 2 aromatic rings. The van der Waals surface area contributed by atoms with Gasteiger partial charge in [0, 0.05) is 15.7 Å². The maximum atomic E-state index is 14.2.